The van der Waals surface area contributed by atoms with Gasteiger partial charge in [0.15, 0.2) is 5.78 Å². The molecular weight excluding hydrogens is 307 g/mol. The summed E-state index contributed by atoms with van der Waals surface area (Å²) in [7, 11) is 0. The van der Waals surface area contributed by atoms with E-state index in [4.69, 9.17) is 5.73 Å². The summed E-state index contributed by atoms with van der Waals surface area (Å²) in [6.07, 6.45) is 1.77. The fourth-order valence-electron chi connectivity index (χ4n) is 1.87. The zero-order valence-corrected chi connectivity index (χ0v) is 13.8. The van der Waals surface area contributed by atoms with Gasteiger partial charge >= 0.3 is 0 Å². The van der Waals surface area contributed by atoms with Crippen molar-refractivity contribution in [3.05, 3.63) is 35.6 Å². The van der Waals surface area contributed by atoms with Crippen LogP contribution in [0.15, 0.2) is 24.3 Å². The van der Waals surface area contributed by atoms with Crippen molar-refractivity contribution in [3.63, 3.8) is 0 Å². The maximum absolute atomic E-state index is 12.8. The van der Waals surface area contributed by atoms with E-state index in [0.29, 0.717) is 12.1 Å². The molecule has 1 amide bonds. The quantitative estimate of drug-likeness (QED) is 0.720. The number of amides is 1. The van der Waals surface area contributed by atoms with E-state index in [1.807, 2.05) is 13.8 Å². The number of halogens is 2. The minimum atomic E-state index is -0.392. The van der Waals surface area contributed by atoms with E-state index in [1.54, 1.807) is 0 Å². The van der Waals surface area contributed by atoms with Crippen molar-refractivity contribution >= 4 is 24.1 Å². The van der Waals surface area contributed by atoms with Gasteiger partial charge in [0.1, 0.15) is 5.82 Å². The number of benzene rings is 1. The Morgan fingerprint density at radius 3 is 2.18 bits per heavy atom. The van der Waals surface area contributed by atoms with Crippen LogP contribution in [0.3, 0.4) is 0 Å². The molecule has 0 unspecified atom stereocenters. The zero-order chi connectivity index (χ0) is 15.9. The molecule has 4 nitrogen and oxygen atoms in total. The van der Waals surface area contributed by atoms with Gasteiger partial charge in [-0.3, -0.25) is 9.59 Å². The highest BCUT2D eigenvalue weighted by Crippen LogP contribution is 2.10. The Hall–Kier alpha value is -1.46. The van der Waals surface area contributed by atoms with E-state index in [0.717, 1.165) is 12.8 Å². The van der Waals surface area contributed by atoms with E-state index in [-0.39, 0.29) is 42.8 Å². The Morgan fingerprint density at radius 1 is 1.14 bits per heavy atom. The third-order valence-corrected chi connectivity index (χ3v) is 3.79. The van der Waals surface area contributed by atoms with Crippen molar-refractivity contribution in [3.8, 4) is 0 Å². The summed E-state index contributed by atoms with van der Waals surface area (Å²) >= 11 is 0. The molecule has 0 radical (unpaired) electrons. The first-order chi connectivity index (χ1) is 9.90. The van der Waals surface area contributed by atoms with E-state index in [9.17, 15) is 14.0 Å². The van der Waals surface area contributed by atoms with Gasteiger partial charge in [0, 0.05) is 30.5 Å². The Labute approximate surface area is 137 Å². The normalized spacial score (nSPS) is 10.7. The molecule has 124 valence electrons. The van der Waals surface area contributed by atoms with Crippen molar-refractivity contribution < 1.29 is 14.0 Å². The lowest BCUT2D eigenvalue weighted by Crippen LogP contribution is -2.49. The van der Waals surface area contributed by atoms with Gasteiger partial charge in [-0.1, -0.05) is 13.8 Å². The molecule has 0 aliphatic heterocycles. The monoisotopic (exact) mass is 330 g/mol. The Kier molecular flexibility index (Phi) is 8.90. The number of hydrogen-bond donors (Lipinski definition) is 2. The summed E-state index contributed by atoms with van der Waals surface area (Å²) in [5, 5.41) is 2.76. The summed E-state index contributed by atoms with van der Waals surface area (Å²) in [6.45, 7) is 4.37. The molecule has 3 N–H and O–H groups in total. The number of rotatable bonds is 8. The maximum atomic E-state index is 12.8. The van der Waals surface area contributed by atoms with E-state index >= 15 is 0 Å². The van der Waals surface area contributed by atoms with Gasteiger partial charge in [-0.25, -0.2) is 4.39 Å². The third-order valence-electron chi connectivity index (χ3n) is 3.79. The van der Waals surface area contributed by atoms with Crippen LogP contribution in [0.5, 0.6) is 0 Å². The number of carbonyl (C=O) groups is 2. The van der Waals surface area contributed by atoms with E-state index in [1.165, 1.54) is 24.3 Å². The van der Waals surface area contributed by atoms with Gasteiger partial charge in [-0.15, -0.1) is 12.4 Å². The van der Waals surface area contributed by atoms with Crippen LogP contribution in [0.1, 0.15) is 49.9 Å². The summed E-state index contributed by atoms with van der Waals surface area (Å²) in [4.78, 5) is 23.6. The lowest BCUT2D eigenvalue weighted by atomic mass is 9.94. The topological polar surface area (TPSA) is 72.2 Å². The average molecular weight is 331 g/mol. The molecule has 0 saturated carbocycles. The van der Waals surface area contributed by atoms with E-state index < -0.39 is 5.54 Å². The van der Waals surface area contributed by atoms with Gasteiger partial charge < -0.3 is 11.1 Å². The first-order valence-corrected chi connectivity index (χ1v) is 7.24. The van der Waals surface area contributed by atoms with Crippen LogP contribution in [0.25, 0.3) is 0 Å². The summed E-state index contributed by atoms with van der Waals surface area (Å²) < 4.78 is 12.8. The fraction of sp³-hybridized carbons (Fsp3) is 0.500. The minimum Gasteiger partial charge on any atom is -0.354 e. The molecule has 22 heavy (non-hydrogen) atoms. The smallest absolute Gasteiger partial charge is 0.220 e. The highest BCUT2D eigenvalue weighted by atomic mass is 35.5. The molecule has 0 bridgehead atoms. The average Bonchev–Trinajstić information content (AvgIpc) is 2.51. The lowest BCUT2D eigenvalue weighted by Gasteiger charge is -2.26. The molecule has 0 spiro atoms. The van der Waals surface area contributed by atoms with Crippen LogP contribution >= 0.6 is 12.4 Å². The molecule has 0 aliphatic rings. The first kappa shape index (κ1) is 20.5. The molecule has 1 aromatic rings. The van der Waals surface area contributed by atoms with Crippen molar-refractivity contribution in [1.82, 2.24) is 5.32 Å². The number of nitrogens with one attached hydrogen (secondary N) is 1. The SMILES string of the molecule is CCC(N)(CC)CNC(=O)CCC(=O)c1ccc(F)cc1.Cl. The van der Waals surface area contributed by atoms with Crippen LogP contribution in [-0.2, 0) is 4.79 Å². The van der Waals surface area contributed by atoms with Crippen molar-refractivity contribution in [2.24, 2.45) is 5.73 Å². The molecule has 6 heteroatoms. The second-order valence-electron chi connectivity index (χ2n) is 5.28. The Balaban J connectivity index is 0.00000441. The molecule has 0 saturated heterocycles. The predicted molar refractivity (Wildman–Crippen MR) is 87.7 cm³/mol. The Bertz CT molecular complexity index is 487. The van der Waals surface area contributed by atoms with Crippen molar-refractivity contribution in [1.29, 1.82) is 0 Å². The van der Waals surface area contributed by atoms with Crippen molar-refractivity contribution in [2.75, 3.05) is 6.54 Å². The van der Waals surface area contributed by atoms with Crippen LogP contribution < -0.4 is 11.1 Å². The summed E-state index contributed by atoms with van der Waals surface area (Å²) in [6, 6.07) is 5.32. The van der Waals surface area contributed by atoms with Gasteiger partial charge in [-0.05, 0) is 37.1 Å². The van der Waals surface area contributed by atoms with E-state index in [2.05, 4.69) is 5.32 Å². The molecule has 0 aliphatic carbocycles. The molecule has 0 atom stereocenters. The van der Waals surface area contributed by atoms with Crippen molar-refractivity contribution in [2.45, 2.75) is 45.1 Å². The number of Topliss-reactive ketones (excluding diaryl/α,β-unsaturated/α-hetero) is 1. The molecule has 0 aromatic heterocycles. The second-order valence-corrected chi connectivity index (χ2v) is 5.28. The number of ketones is 1. The molecule has 1 rings (SSSR count). The Morgan fingerprint density at radius 2 is 1.68 bits per heavy atom. The highest BCUT2D eigenvalue weighted by molar-refractivity contribution is 5.97. The summed E-state index contributed by atoms with van der Waals surface area (Å²) in [5.41, 5.74) is 6.11. The van der Waals surface area contributed by atoms with Gasteiger partial charge in [0.25, 0.3) is 0 Å². The predicted octanol–water partition coefficient (Wildman–Crippen LogP) is 2.84. The zero-order valence-electron chi connectivity index (χ0n) is 13.0. The van der Waals surface area contributed by atoms with Crippen LogP contribution in [0.2, 0.25) is 0 Å². The number of carbonyl (C=O) groups excluding carboxylic acids is 2. The second kappa shape index (κ2) is 9.54. The van der Waals surface area contributed by atoms with Gasteiger partial charge in [-0.2, -0.15) is 0 Å². The standard InChI is InChI=1S/C16H23FN2O2.ClH/c1-3-16(18,4-2)11-19-15(21)10-9-14(20)12-5-7-13(17)8-6-12;/h5-8H,3-4,9-11,18H2,1-2H3,(H,19,21);1H. The molecule has 0 heterocycles. The van der Waals surface area contributed by atoms with Gasteiger partial charge in [0.05, 0.1) is 0 Å². The third kappa shape index (κ3) is 6.54. The maximum Gasteiger partial charge on any atom is 0.220 e. The lowest BCUT2D eigenvalue weighted by molar-refractivity contribution is -0.121. The number of nitrogens with two attached hydrogens (primary N) is 1. The van der Waals surface area contributed by atoms with Gasteiger partial charge in [0.2, 0.25) is 5.91 Å². The summed E-state index contributed by atoms with van der Waals surface area (Å²) in [5.74, 6) is -0.750. The molecular formula is C16H24ClFN2O2. The largest absolute Gasteiger partial charge is 0.354 e. The van der Waals surface area contributed by atoms with Crippen LogP contribution in [0.4, 0.5) is 4.39 Å². The highest BCUT2D eigenvalue weighted by Gasteiger charge is 2.21. The van der Waals surface area contributed by atoms with Crippen LogP contribution in [0, 0.1) is 5.82 Å². The van der Waals surface area contributed by atoms with Crippen LogP contribution in [-0.4, -0.2) is 23.8 Å². The molecule has 0 fully saturated rings. The number of hydrogen-bond acceptors (Lipinski definition) is 3. The first-order valence-electron chi connectivity index (χ1n) is 7.24. The molecule has 1 aromatic carbocycles. The minimum absolute atomic E-state index is 0. The fourth-order valence-corrected chi connectivity index (χ4v) is 1.87.